The molecule has 1 atom stereocenters. The van der Waals surface area contributed by atoms with Gasteiger partial charge in [-0.3, -0.25) is 0 Å². The number of esters is 1. The predicted octanol–water partition coefficient (Wildman–Crippen LogP) is 2.55. The van der Waals surface area contributed by atoms with Crippen LogP contribution in [-0.2, 0) is 0 Å². The number of benzene rings is 3. The zero-order chi connectivity index (χ0) is 18.4. The second-order valence-corrected chi connectivity index (χ2v) is 9.20. The predicted molar refractivity (Wildman–Crippen MR) is 100 cm³/mol. The molecule has 3 aromatic carbocycles. The van der Waals surface area contributed by atoms with Crippen LogP contribution in [0.4, 0.5) is 0 Å². The van der Waals surface area contributed by atoms with Crippen LogP contribution in [0.2, 0.25) is 0 Å². The molecule has 1 unspecified atom stereocenters. The molecule has 0 aromatic heterocycles. The average molecular weight is 457 g/mol. The Bertz CT molecular complexity index is 840. The summed E-state index contributed by atoms with van der Waals surface area (Å²) in [6.07, 6.45) is 1.09. The summed E-state index contributed by atoms with van der Waals surface area (Å²) >= 11 is -0.202. The van der Waals surface area contributed by atoms with E-state index in [0.717, 1.165) is 6.42 Å². The van der Waals surface area contributed by atoms with E-state index in [-0.39, 0.29) is 27.2 Å². The second-order valence-electron chi connectivity index (χ2n) is 6.16. The summed E-state index contributed by atoms with van der Waals surface area (Å²) in [6, 6.07) is 26.1. The van der Waals surface area contributed by atoms with E-state index in [1.165, 1.54) is 12.7 Å². The maximum atomic E-state index is 12.3. The molecule has 134 valence electrons. The van der Waals surface area contributed by atoms with Crippen molar-refractivity contribution in [2.45, 2.75) is 26.2 Å². The fourth-order valence-corrected chi connectivity index (χ4v) is 4.73. The van der Waals surface area contributed by atoms with Crippen LogP contribution in [0.1, 0.15) is 42.1 Å². The zero-order valence-corrected chi connectivity index (χ0v) is 17.1. The Morgan fingerprint density at radius 3 is 2.12 bits per heavy atom. The van der Waals surface area contributed by atoms with Crippen molar-refractivity contribution in [3.8, 4) is 5.75 Å². The quantitative estimate of drug-likeness (QED) is 0.323. The number of hydrogen-bond donors (Lipinski definition) is 0. The molecule has 3 rings (SSSR count). The summed E-state index contributed by atoms with van der Waals surface area (Å²) in [5.41, 5.74) is 1.83. The molecule has 0 fully saturated rings. The molecule has 26 heavy (non-hydrogen) atoms. The Balaban J connectivity index is 1.62. The first kappa shape index (κ1) is 18.6. The van der Waals surface area contributed by atoms with E-state index in [9.17, 15) is 4.79 Å². The first-order valence-electron chi connectivity index (χ1n) is 8.78. The Morgan fingerprint density at radius 2 is 1.50 bits per heavy atom. The molecule has 3 heteroatoms. The van der Waals surface area contributed by atoms with Crippen LogP contribution in [0.3, 0.4) is 0 Å². The van der Waals surface area contributed by atoms with Gasteiger partial charge in [0.1, 0.15) is 0 Å². The van der Waals surface area contributed by atoms with Crippen LogP contribution < -0.4 is 25.9 Å². The monoisotopic (exact) mass is 457 g/mol. The van der Waals surface area contributed by atoms with Crippen molar-refractivity contribution in [1.29, 1.82) is 0 Å². The molecule has 0 aliphatic heterocycles. The van der Waals surface area contributed by atoms with E-state index in [0.29, 0.717) is 17.2 Å². The summed E-state index contributed by atoms with van der Waals surface area (Å²) in [7, 11) is 0. The number of ether oxygens (including phenoxy) is 1. The van der Waals surface area contributed by atoms with E-state index < -0.39 is 0 Å². The SMILES string of the molecule is CCC(C)c1ccc(C(=O)Oc2ccc([I-]c3ccccc3)cc2)cc1. The summed E-state index contributed by atoms with van der Waals surface area (Å²) in [6.45, 7) is 4.35. The maximum absolute atomic E-state index is 12.3. The molecule has 0 bridgehead atoms. The number of carbonyl (C=O) groups is 1. The van der Waals surface area contributed by atoms with Crippen LogP contribution in [0, 0.1) is 7.14 Å². The average Bonchev–Trinajstić information content (AvgIpc) is 2.70. The van der Waals surface area contributed by atoms with Crippen molar-refractivity contribution in [2.24, 2.45) is 0 Å². The minimum atomic E-state index is -0.314. The van der Waals surface area contributed by atoms with E-state index in [1.54, 1.807) is 0 Å². The molecule has 0 heterocycles. The summed E-state index contributed by atoms with van der Waals surface area (Å²) < 4.78 is 8.18. The Hall–Kier alpha value is -2.14. The molecule has 0 aliphatic carbocycles. The number of hydrogen-bond acceptors (Lipinski definition) is 2. The molecular weight excluding hydrogens is 435 g/mol. The second kappa shape index (κ2) is 8.99. The van der Waals surface area contributed by atoms with Gasteiger partial charge in [0.05, 0.1) is 0 Å². The molecule has 0 radical (unpaired) electrons. The fraction of sp³-hybridized carbons (Fsp3) is 0.174. The van der Waals surface area contributed by atoms with E-state index in [1.807, 2.05) is 42.5 Å². The van der Waals surface area contributed by atoms with Crippen LogP contribution in [0.25, 0.3) is 0 Å². The van der Waals surface area contributed by atoms with Gasteiger partial charge in [-0.2, -0.15) is 0 Å². The summed E-state index contributed by atoms with van der Waals surface area (Å²) in [5.74, 6) is 0.772. The van der Waals surface area contributed by atoms with Crippen molar-refractivity contribution < 1.29 is 30.7 Å². The van der Waals surface area contributed by atoms with Gasteiger partial charge in [0, 0.05) is 0 Å². The van der Waals surface area contributed by atoms with Gasteiger partial charge in [-0.05, 0) is 0 Å². The van der Waals surface area contributed by atoms with Crippen LogP contribution >= 0.6 is 0 Å². The third kappa shape index (κ3) is 4.94. The molecule has 0 aliphatic rings. The Kier molecular flexibility index (Phi) is 6.45. The standard InChI is InChI=1S/C23H22IO2/c1-3-17(2)18-9-11-19(12-10-18)23(25)26-22-15-13-21(14-16-22)24-20-7-5-4-6-8-20/h4-17H,3H2,1-2H3/q-1. The zero-order valence-electron chi connectivity index (χ0n) is 15.0. The molecular formula is C23H22IO2-. The number of halogens is 1. The molecule has 3 aromatic rings. The van der Waals surface area contributed by atoms with Gasteiger partial charge in [-0.25, -0.2) is 0 Å². The van der Waals surface area contributed by atoms with Gasteiger partial charge in [-0.1, -0.05) is 6.92 Å². The van der Waals surface area contributed by atoms with E-state index in [2.05, 4.69) is 50.2 Å². The van der Waals surface area contributed by atoms with Gasteiger partial charge < -0.3 is 0 Å². The third-order valence-corrected chi connectivity index (χ3v) is 6.99. The van der Waals surface area contributed by atoms with Gasteiger partial charge in [0.15, 0.2) is 0 Å². The number of rotatable bonds is 6. The molecule has 2 nitrogen and oxygen atoms in total. The van der Waals surface area contributed by atoms with Crippen LogP contribution in [0.5, 0.6) is 5.75 Å². The molecule has 0 saturated carbocycles. The molecule has 0 spiro atoms. The first-order valence-corrected chi connectivity index (χ1v) is 10.9. The van der Waals surface area contributed by atoms with Crippen molar-refractivity contribution in [1.82, 2.24) is 0 Å². The normalized spacial score (nSPS) is 11.9. The third-order valence-electron chi connectivity index (χ3n) is 4.30. The van der Waals surface area contributed by atoms with Crippen molar-refractivity contribution >= 4 is 5.97 Å². The Labute approximate surface area is 165 Å². The Morgan fingerprint density at radius 1 is 0.885 bits per heavy atom. The van der Waals surface area contributed by atoms with E-state index >= 15 is 0 Å². The van der Waals surface area contributed by atoms with Gasteiger partial charge in [-0.15, -0.1) is 0 Å². The summed E-state index contributed by atoms with van der Waals surface area (Å²) in [4.78, 5) is 12.3. The van der Waals surface area contributed by atoms with Crippen molar-refractivity contribution in [3.63, 3.8) is 0 Å². The van der Waals surface area contributed by atoms with Gasteiger partial charge >= 0.3 is 159 Å². The van der Waals surface area contributed by atoms with Gasteiger partial charge in [0.2, 0.25) is 0 Å². The van der Waals surface area contributed by atoms with Crippen LogP contribution in [-0.4, -0.2) is 5.97 Å². The van der Waals surface area contributed by atoms with Crippen LogP contribution in [0.15, 0.2) is 78.9 Å². The van der Waals surface area contributed by atoms with Crippen molar-refractivity contribution in [3.05, 3.63) is 97.1 Å². The van der Waals surface area contributed by atoms with Crippen molar-refractivity contribution in [2.75, 3.05) is 0 Å². The molecule has 0 saturated heterocycles. The topological polar surface area (TPSA) is 26.3 Å². The number of carbonyl (C=O) groups excluding carboxylic acids is 1. The van der Waals surface area contributed by atoms with E-state index in [4.69, 9.17) is 4.74 Å². The molecule has 0 N–H and O–H groups in total. The first-order chi connectivity index (χ1) is 12.7. The van der Waals surface area contributed by atoms with Gasteiger partial charge in [0.25, 0.3) is 0 Å². The molecule has 0 amide bonds. The summed E-state index contributed by atoms with van der Waals surface area (Å²) in [5, 5.41) is 0. The minimum absolute atomic E-state index is 0.202. The fourth-order valence-electron chi connectivity index (χ4n) is 2.52.